The molecule has 0 fully saturated rings. The lowest BCUT2D eigenvalue weighted by atomic mass is 10.9. The van der Waals surface area contributed by atoms with Crippen LogP contribution in [0.1, 0.15) is 13.8 Å². The summed E-state index contributed by atoms with van der Waals surface area (Å²) in [6.45, 7) is 4.51. The number of rotatable bonds is 2. The fourth-order valence-corrected chi connectivity index (χ4v) is 0.167. The van der Waals surface area contributed by atoms with E-state index in [4.69, 9.17) is 0 Å². The molecule has 2 heteroatoms. The van der Waals surface area contributed by atoms with Gasteiger partial charge in [0.1, 0.15) is 0 Å². The number of hydrogen-bond donors (Lipinski definition) is 1. The van der Waals surface area contributed by atoms with E-state index in [9.17, 15) is 0 Å². The maximum atomic E-state index is 4.68. The zero-order valence-corrected chi connectivity index (χ0v) is 4.19. The Hall–Kier alpha value is -0.530. The van der Waals surface area contributed by atoms with E-state index in [0.29, 0.717) is 6.61 Å². The first-order chi connectivity index (χ1) is 2.91. The van der Waals surface area contributed by atoms with Gasteiger partial charge in [-0.25, -0.2) is 0 Å². The van der Waals surface area contributed by atoms with E-state index in [1.807, 2.05) is 13.8 Å². The smallest absolute Gasteiger partial charge is 0.186 e. The fourth-order valence-electron chi connectivity index (χ4n) is 0.167. The third kappa shape index (κ3) is 3.47. The predicted octanol–water partition coefficient (Wildman–Crippen LogP) is -0.891. The highest BCUT2D eigenvalue weighted by atomic mass is 16.6. The van der Waals surface area contributed by atoms with Gasteiger partial charge in [0, 0.05) is 6.92 Å². The van der Waals surface area contributed by atoms with Gasteiger partial charge in [-0.15, -0.1) is 0 Å². The van der Waals surface area contributed by atoms with Gasteiger partial charge in [-0.05, 0) is 12.1 Å². The molecule has 6 heavy (non-hydrogen) atoms. The maximum absolute atomic E-state index is 4.68. The number of hydrogen-bond acceptors (Lipinski definition) is 1. The van der Waals surface area contributed by atoms with Gasteiger partial charge in [0.25, 0.3) is 0 Å². The lowest BCUT2D eigenvalue weighted by molar-refractivity contribution is -0.749. The van der Waals surface area contributed by atoms with E-state index in [1.165, 1.54) is 0 Å². The standard InChI is InChI=1S/C4H9NO/c1-3-5-6-4-2/h3H,4H2,1-2H3/p+1. The molecule has 36 valence electrons. The molecule has 0 amide bonds. The molecule has 0 atom stereocenters. The maximum Gasteiger partial charge on any atom is 0.186 e. The second-order valence-electron chi connectivity index (χ2n) is 0.840. The minimum Gasteiger partial charge on any atom is -0.280 e. The summed E-state index contributed by atoms with van der Waals surface area (Å²) in [5, 5.41) is 2.57. The summed E-state index contributed by atoms with van der Waals surface area (Å²) in [7, 11) is 0. The molecule has 0 spiro atoms. The van der Waals surface area contributed by atoms with Gasteiger partial charge < -0.3 is 0 Å². The van der Waals surface area contributed by atoms with Crippen molar-refractivity contribution in [2.24, 2.45) is 0 Å². The first kappa shape index (κ1) is 5.47. The number of nitrogens with one attached hydrogen (secondary N) is 1. The molecule has 0 aliphatic heterocycles. The zero-order chi connectivity index (χ0) is 4.83. The first-order valence-electron chi connectivity index (χ1n) is 2.07. The van der Waals surface area contributed by atoms with E-state index in [1.54, 1.807) is 6.21 Å². The van der Waals surface area contributed by atoms with E-state index < -0.39 is 0 Å². The second-order valence-corrected chi connectivity index (χ2v) is 0.840. The normalized spacial score (nSPS) is 9.67. The summed E-state index contributed by atoms with van der Waals surface area (Å²) in [6, 6.07) is 0. The summed E-state index contributed by atoms with van der Waals surface area (Å²) in [5.41, 5.74) is 0. The quantitative estimate of drug-likeness (QED) is 0.343. The van der Waals surface area contributed by atoms with Crippen LogP contribution >= 0.6 is 0 Å². The summed E-state index contributed by atoms with van der Waals surface area (Å²) in [6.07, 6.45) is 1.74. The molecule has 0 aromatic heterocycles. The van der Waals surface area contributed by atoms with Crippen LogP contribution in [0.25, 0.3) is 0 Å². The molecule has 0 saturated carbocycles. The van der Waals surface area contributed by atoms with Crippen molar-refractivity contribution in [1.82, 2.24) is 0 Å². The molecule has 0 rings (SSSR count). The van der Waals surface area contributed by atoms with Crippen molar-refractivity contribution in [1.29, 1.82) is 0 Å². The van der Waals surface area contributed by atoms with Gasteiger partial charge in [-0.2, -0.15) is 0 Å². The highest BCUT2D eigenvalue weighted by molar-refractivity contribution is 5.44. The van der Waals surface area contributed by atoms with Crippen molar-refractivity contribution in [2.45, 2.75) is 13.8 Å². The van der Waals surface area contributed by atoms with Gasteiger partial charge in [0.15, 0.2) is 12.8 Å². The molecule has 2 nitrogen and oxygen atoms in total. The zero-order valence-electron chi connectivity index (χ0n) is 4.19. The Bertz CT molecular complexity index is 42.8. The molecule has 1 N–H and O–H groups in total. The van der Waals surface area contributed by atoms with Crippen molar-refractivity contribution in [3.63, 3.8) is 0 Å². The first-order valence-corrected chi connectivity index (χ1v) is 2.07. The van der Waals surface area contributed by atoms with Crippen LogP contribution in [0.5, 0.6) is 0 Å². The molecular weight excluding hydrogens is 78.0 g/mol. The SMILES string of the molecule is CC=[NH+]OCC. The highest BCUT2D eigenvalue weighted by Gasteiger charge is 1.67. The average Bonchev–Trinajstić information content (AvgIpc) is 1.61. The molecule has 0 aliphatic rings. The van der Waals surface area contributed by atoms with Crippen molar-refractivity contribution in [2.75, 3.05) is 6.61 Å². The van der Waals surface area contributed by atoms with Crippen molar-refractivity contribution in [3.05, 3.63) is 0 Å². The van der Waals surface area contributed by atoms with Crippen molar-refractivity contribution < 1.29 is 9.99 Å². The van der Waals surface area contributed by atoms with Gasteiger partial charge in [-0.1, -0.05) is 0 Å². The summed E-state index contributed by atoms with van der Waals surface area (Å²) >= 11 is 0. The molecule has 0 bridgehead atoms. The predicted molar refractivity (Wildman–Crippen MR) is 24.3 cm³/mol. The van der Waals surface area contributed by atoms with Gasteiger partial charge in [0.2, 0.25) is 0 Å². The highest BCUT2D eigenvalue weighted by Crippen LogP contribution is 1.44. The molecule has 0 heterocycles. The fraction of sp³-hybridized carbons (Fsp3) is 0.750. The molecular formula is C4H10NO+. The van der Waals surface area contributed by atoms with Crippen LogP contribution in [-0.4, -0.2) is 12.8 Å². The Morgan fingerprint density at radius 2 is 2.50 bits per heavy atom. The summed E-state index contributed by atoms with van der Waals surface area (Å²) in [4.78, 5) is 4.68. The minimum atomic E-state index is 0.713. The minimum absolute atomic E-state index is 0.713. The van der Waals surface area contributed by atoms with Crippen LogP contribution in [0.4, 0.5) is 0 Å². The van der Waals surface area contributed by atoms with Gasteiger partial charge in [-0.3, -0.25) is 4.84 Å². The van der Waals surface area contributed by atoms with Crippen LogP contribution in [0.3, 0.4) is 0 Å². The molecule has 0 aliphatic carbocycles. The summed E-state index contributed by atoms with van der Waals surface area (Å²) in [5.74, 6) is 0. The average molecular weight is 88.1 g/mol. The monoisotopic (exact) mass is 88.1 g/mol. The van der Waals surface area contributed by atoms with E-state index >= 15 is 0 Å². The van der Waals surface area contributed by atoms with Crippen LogP contribution < -0.4 is 5.16 Å². The van der Waals surface area contributed by atoms with Crippen LogP contribution in [0.2, 0.25) is 0 Å². The van der Waals surface area contributed by atoms with Gasteiger partial charge in [0.05, 0.1) is 0 Å². The molecule has 0 unspecified atom stereocenters. The summed E-state index contributed by atoms with van der Waals surface area (Å²) < 4.78 is 0. The lowest BCUT2D eigenvalue weighted by Crippen LogP contribution is -2.67. The van der Waals surface area contributed by atoms with Crippen LogP contribution in [0.15, 0.2) is 0 Å². The van der Waals surface area contributed by atoms with E-state index in [-0.39, 0.29) is 0 Å². The molecule has 0 aromatic rings. The van der Waals surface area contributed by atoms with Crippen molar-refractivity contribution in [3.8, 4) is 0 Å². The topological polar surface area (TPSA) is 23.2 Å². The van der Waals surface area contributed by atoms with E-state index in [2.05, 4.69) is 9.99 Å². The third-order valence-corrected chi connectivity index (χ3v) is 0.346. The van der Waals surface area contributed by atoms with E-state index in [0.717, 1.165) is 0 Å². The second kappa shape index (κ2) is 4.47. The Morgan fingerprint density at radius 1 is 1.83 bits per heavy atom. The Balaban J connectivity index is 2.66. The molecule has 0 radical (unpaired) electrons. The molecule has 0 aromatic carbocycles. The Kier molecular flexibility index (Phi) is 4.08. The van der Waals surface area contributed by atoms with Crippen LogP contribution in [0, 0.1) is 0 Å². The largest absolute Gasteiger partial charge is 0.280 e. The van der Waals surface area contributed by atoms with Crippen LogP contribution in [-0.2, 0) is 4.84 Å². The Morgan fingerprint density at radius 3 is 2.67 bits per heavy atom. The van der Waals surface area contributed by atoms with Gasteiger partial charge >= 0.3 is 0 Å². The molecule has 0 saturated heterocycles. The Labute approximate surface area is 37.8 Å². The third-order valence-electron chi connectivity index (χ3n) is 0.346. The van der Waals surface area contributed by atoms with Crippen molar-refractivity contribution >= 4 is 6.21 Å². The lowest BCUT2D eigenvalue weighted by Gasteiger charge is -1.76.